The number of carbonyl (C=O) groups excluding carboxylic acids is 1. The highest BCUT2D eigenvalue weighted by atomic mass is 16.5. The third kappa shape index (κ3) is 4.19. The van der Waals surface area contributed by atoms with Crippen molar-refractivity contribution in [2.75, 3.05) is 36.0 Å². The quantitative estimate of drug-likeness (QED) is 0.340. The van der Waals surface area contributed by atoms with E-state index in [0.29, 0.717) is 17.1 Å². The molecule has 2 aliphatic heterocycles. The Labute approximate surface area is 242 Å². The summed E-state index contributed by atoms with van der Waals surface area (Å²) >= 11 is 0. The Hall–Kier alpha value is -4.20. The van der Waals surface area contributed by atoms with Crippen molar-refractivity contribution in [1.29, 1.82) is 0 Å². The number of carboxylic acid groups (broad SMARTS) is 1. The van der Waals surface area contributed by atoms with E-state index in [-0.39, 0.29) is 5.91 Å². The SMILES string of the molecule is CCN(CC)c1ccc2c(c1)Oc1cc(N(CC)CC)ccc1C21c2ccccc2C(=O)N1N(C(=O)O)C(C)(C)C. The van der Waals surface area contributed by atoms with Gasteiger partial charge in [-0.2, -0.15) is 0 Å². The van der Waals surface area contributed by atoms with Crippen LogP contribution in [0, 0.1) is 0 Å². The Kier molecular flexibility index (Phi) is 7.14. The van der Waals surface area contributed by atoms with Crippen molar-refractivity contribution in [1.82, 2.24) is 10.0 Å². The molecule has 0 saturated heterocycles. The number of hydrogen-bond donors (Lipinski definition) is 1. The van der Waals surface area contributed by atoms with Crippen molar-refractivity contribution < 1.29 is 19.4 Å². The molecule has 8 nitrogen and oxygen atoms in total. The summed E-state index contributed by atoms with van der Waals surface area (Å²) < 4.78 is 6.69. The lowest BCUT2D eigenvalue weighted by atomic mass is 9.75. The number of carbonyl (C=O) groups is 2. The van der Waals surface area contributed by atoms with E-state index in [1.165, 1.54) is 10.0 Å². The van der Waals surface area contributed by atoms with E-state index in [0.717, 1.165) is 54.2 Å². The van der Waals surface area contributed by atoms with Crippen LogP contribution in [0.15, 0.2) is 60.7 Å². The summed E-state index contributed by atoms with van der Waals surface area (Å²) in [5.74, 6) is 0.844. The first-order valence-corrected chi connectivity index (χ1v) is 14.5. The zero-order valence-electron chi connectivity index (χ0n) is 25.1. The molecular weight excluding hydrogens is 516 g/mol. The summed E-state index contributed by atoms with van der Waals surface area (Å²) in [4.78, 5) is 31.9. The predicted molar refractivity (Wildman–Crippen MR) is 162 cm³/mol. The molecule has 3 aromatic rings. The molecule has 2 heterocycles. The molecule has 1 N–H and O–H groups in total. The molecule has 8 heteroatoms. The topological polar surface area (TPSA) is 76.6 Å². The Morgan fingerprint density at radius 2 is 1.29 bits per heavy atom. The van der Waals surface area contributed by atoms with Gasteiger partial charge >= 0.3 is 6.09 Å². The molecule has 3 aromatic carbocycles. The number of hydrogen-bond acceptors (Lipinski definition) is 5. The van der Waals surface area contributed by atoms with E-state index in [2.05, 4.69) is 37.5 Å². The normalized spacial score (nSPS) is 14.7. The molecule has 1 spiro atoms. The van der Waals surface area contributed by atoms with Gasteiger partial charge in [0, 0.05) is 71.9 Å². The molecule has 0 saturated carbocycles. The van der Waals surface area contributed by atoms with Gasteiger partial charge < -0.3 is 19.6 Å². The monoisotopic (exact) mass is 556 g/mol. The lowest BCUT2D eigenvalue weighted by molar-refractivity contribution is -0.0783. The van der Waals surface area contributed by atoms with Gasteiger partial charge in [0.25, 0.3) is 5.91 Å². The molecule has 0 unspecified atom stereocenters. The average molecular weight is 557 g/mol. The van der Waals surface area contributed by atoms with Crippen LogP contribution in [-0.4, -0.2) is 58.8 Å². The standard InChI is InChI=1S/C33H40N4O4/c1-8-34(9-2)22-16-18-26-28(20-22)41-29-21-23(35(10-3)11-4)17-19-27(29)33(26)25-15-13-12-14-24(25)30(38)36(33)37(31(39)40)32(5,6)7/h12-21H,8-11H2,1-7H3,(H,39,40). The molecule has 0 aliphatic carbocycles. The molecule has 2 amide bonds. The van der Waals surface area contributed by atoms with Crippen LogP contribution in [0.4, 0.5) is 16.2 Å². The minimum absolute atomic E-state index is 0.364. The second kappa shape index (κ2) is 10.3. The van der Waals surface area contributed by atoms with Crippen LogP contribution < -0.4 is 14.5 Å². The molecule has 2 aliphatic rings. The van der Waals surface area contributed by atoms with Crippen molar-refractivity contribution in [2.45, 2.75) is 59.5 Å². The van der Waals surface area contributed by atoms with Crippen LogP contribution in [0.3, 0.4) is 0 Å². The lowest BCUT2D eigenvalue weighted by Crippen LogP contribution is -2.63. The molecule has 0 fully saturated rings. The maximum Gasteiger partial charge on any atom is 0.426 e. The third-order valence-corrected chi connectivity index (χ3v) is 8.26. The number of fused-ring (bicyclic) bond motifs is 6. The maximum absolute atomic E-state index is 14.4. The number of nitrogens with zero attached hydrogens (tertiary/aromatic N) is 4. The second-order valence-corrected chi connectivity index (χ2v) is 11.4. The van der Waals surface area contributed by atoms with Crippen molar-refractivity contribution in [3.8, 4) is 11.5 Å². The van der Waals surface area contributed by atoms with Crippen LogP contribution >= 0.6 is 0 Å². The molecule has 216 valence electrons. The molecule has 0 aromatic heterocycles. The molecular formula is C33H40N4O4. The van der Waals surface area contributed by atoms with E-state index in [9.17, 15) is 14.7 Å². The predicted octanol–water partition coefficient (Wildman–Crippen LogP) is 6.93. The fourth-order valence-corrected chi connectivity index (χ4v) is 6.42. The second-order valence-electron chi connectivity index (χ2n) is 11.4. The van der Waals surface area contributed by atoms with E-state index in [4.69, 9.17) is 4.74 Å². The van der Waals surface area contributed by atoms with Crippen molar-refractivity contribution in [3.63, 3.8) is 0 Å². The summed E-state index contributed by atoms with van der Waals surface area (Å²) in [6.45, 7) is 17.2. The molecule has 41 heavy (non-hydrogen) atoms. The number of ether oxygens (including phenoxy) is 1. The largest absolute Gasteiger partial charge is 0.464 e. The number of rotatable bonds is 7. The van der Waals surface area contributed by atoms with Gasteiger partial charge in [-0.3, -0.25) is 4.79 Å². The zero-order chi connectivity index (χ0) is 29.7. The van der Waals surface area contributed by atoms with Gasteiger partial charge in [-0.05, 0) is 66.7 Å². The first kappa shape index (κ1) is 28.3. The highest BCUT2D eigenvalue weighted by Crippen LogP contribution is 2.59. The maximum atomic E-state index is 14.4. The van der Waals surface area contributed by atoms with E-state index in [1.54, 1.807) is 26.8 Å². The van der Waals surface area contributed by atoms with Gasteiger partial charge in [0.2, 0.25) is 0 Å². The number of anilines is 2. The number of hydrazine groups is 1. The first-order chi connectivity index (χ1) is 19.5. The Balaban J connectivity index is 1.91. The number of benzene rings is 3. The summed E-state index contributed by atoms with van der Waals surface area (Å²) in [6.07, 6.45) is -1.20. The highest BCUT2D eigenvalue weighted by Gasteiger charge is 2.60. The van der Waals surface area contributed by atoms with Crippen LogP contribution in [-0.2, 0) is 5.54 Å². The van der Waals surface area contributed by atoms with Crippen molar-refractivity contribution in [2.24, 2.45) is 0 Å². The Morgan fingerprint density at radius 3 is 1.73 bits per heavy atom. The Bertz CT molecular complexity index is 1430. The van der Waals surface area contributed by atoms with Gasteiger partial charge in [-0.25, -0.2) is 14.8 Å². The van der Waals surface area contributed by atoms with Crippen molar-refractivity contribution >= 4 is 23.4 Å². The van der Waals surface area contributed by atoms with Gasteiger partial charge in [-0.15, -0.1) is 0 Å². The van der Waals surface area contributed by atoms with Gasteiger partial charge in [-0.1, -0.05) is 30.3 Å². The van der Waals surface area contributed by atoms with E-state index in [1.807, 2.05) is 54.6 Å². The summed E-state index contributed by atoms with van der Waals surface area (Å²) in [6, 6.07) is 19.6. The zero-order valence-corrected chi connectivity index (χ0v) is 25.1. The molecule has 5 rings (SSSR count). The fraction of sp³-hybridized carbons (Fsp3) is 0.394. The van der Waals surface area contributed by atoms with Gasteiger partial charge in [0.15, 0.2) is 0 Å². The highest BCUT2D eigenvalue weighted by molar-refractivity contribution is 6.03. The van der Waals surface area contributed by atoms with Gasteiger partial charge in [0.05, 0.1) is 5.54 Å². The minimum atomic E-state index is -1.26. The smallest absolute Gasteiger partial charge is 0.426 e. The Morgan fingerprint density at radius 1 is 0.805 bits per heavy atom. The molecule has 0 atom stereocenters. The molecule has 0 bridgehead atoms. The molecule has 0 radical (unpaired) electrons. The first-order valence-electron chi connectivity index (χ1n) is 14.5. The van der Waals surface area contributed by atoms with Crippen LogP contribution in [0.1, 0.15) is 75.5 Å². The fourth-order valence-electron chi connectivity index (χ4n) is 6.42. The summed E-state index contributed by atoms with van der Waals surface area (Å²) in [5, 5.41) is 13.3. The van der Waals surface area contributed by atoms with Gasteiger partial charge in [0.1, 0.15) is 17.0 Å². The van der Waals surface area contributed by atoms with Crippen LogP contribution in [0.25, 0.3) is 0 Å². The van der Waals surface area contributed by atoms with E-state index < -0.39 is 17.2 Å². The van der Waals surface area contributed by atoms with E-state index >= 15 is 0 Å². The average Bonchev–Trinajstić information content (AvgIpc) is 3.18. The third-order valence-electron chi connectivity index (χ3n) is 8.26. The van der Waals surface area contributed by atoms with Crippen LogP contribution in [0.2, 0.25) is 0 Å². The lowest BCUT2D eigenvalue weighted by Gasteiger charge is -2.50. The van der Waals surface area contributed by atoms with Crippen LogP contribution in [0.5, 0.6) is 11.5 Å². The number of amides is 2. The minimum Gasteiger partial charge on any atom is -0.464 e. The van der Waals surface area contributed by atoms with Crippen molar-refractivity contribution in [3.05, 3.63) is 82.9 Å². The summed E-state index contributed by atoms with van der Waals surface area (Å²) in [7, 11) is 0. The summed E-state index contributed by atoms with van der Waals surface area (Å²) in [5.41, 5.74) is 2.49.